The Bertz CT molecular complexity index is 1150. The van der Waals surface area contributed by atoms with Crippen molar-refractivity contribution in [2.24, 2.45) is 0 Å². The highest BCUT2D eigenvalue weighted by molar-refractivity contribution is 9.10. The summed E-state index contributed by atoms with van der Waals surface area (Å²) in [7, 11) is -3.66. The Morgan fingerprint density at radius 3 is 1.97 bits per heavy atom. The van der Waals surface area contributed by atoms with E-state index in [-0.39, 0.29) is 11.4 Å². The number of benzene rings is 3. The molecule has 154 valence electrons. The van der Waals surface area contributed by atoms with E-state index in [2.05, 4.69) is 31.5 Å². The number of carbonyl (C=O) groups is 2. The van der Waals surface area contributed by atoms with Crippen LogP contribution in [0.5, 0.6) is 0 Å². The van der Waals surface area contributed by atoms with Gasteiger partial charge in [-0.2, -0.15) is 0 Å². The molecule has 7 nitrogen and oxygen atoms in total. The van der Waals surface area contributed by atoms with E-state index < -0.39 is 21.8 Å². The van der Waals surface area contributed by atoms with Crippen LogP contribution in [0.15, 0.2) is 88.2 Å². The summed E-state index contributed by atoms with van der Waals surface area (Å²) in [6, 6.07) is 21.3. The van der Waals surface area contributed by atoms with E-state index in [1.165, 1.54) is 12.1 Å². The molecule has 0 fully saturated rings. The molecule has 0 saturated heterocycles. The zero-order valence-corrected chi connectivity index (χ0v) is 18.0. The predicted octanol–water partition coefficient (Wildman–Crippen LogP) is 3.00. The highest BCUT2D eigenvalue weighted by Gasteiger charge is 2.14. The van der Waals surface area contributed by atoms with Crippen LogP contribution in [-0.4, -0.2) is 20.2 Å². The molecule has 3 N–H and O–H groups in total. The molecule has 0 radical (unpaired) electrons. The second-order valence-corrected chi connectivity index (χ2v) is 8.94. The molecule has 0 aliphatic carbocycles. The highest BCUT2D eigenvalue weighted by atomic mass is 79.9. The quantitative estimate of drug-likeness (QED) is 0.464. The van der Waals surface area contributed by atoms with Gasteiger partial charge in [0.15, 0.2) is 0 Å². The first-order valence-electron chi connectivity index (χ1n) is 8.85. The minimum Gasteiger partial charge on any atom is -0.267 e. The maximum absolute atomic E-state index is 12.4. The number of carbonyl (C=O) groups excluding carboxylic acids is 2. The van der Waals surface area contributed by atoms with Crippen LogP contribution in [0.2, 0.25) is 0 Å². The Balaban J connectivity index is 1.55. The van der Waals surface area contributed by atoms with Crippen molar-refractivity contribution in [1.29, 1.82) is 0 Å². The lowest BCUT2D eigenvalue weighted by molar-refractivity contribution is 0.0846. The first-order valence-corrected chi connectivity index (χ1v) is 11.1. The maximum atomic E-state index is 12.4. The second kappa shape index (κ2) is 9.66. The summed E-state index contributed by atoms with van der Waals surface area (Å²) >= 11 is 3.25. The van der Waals surface area contributed by atoms with Gasteiger partial charge in [-0.1, -0.05) is 52.3 Å². The second-order valence-electron chi connectivity index (χ2n) is 6.25. The standard InChI is InChI=1S/C21H18BrN3O4S/c22-18-7-4-8-19(13-18)30(28,29)23-14-15-9-11-17(12-10-15)21(27)25-24-20(26)16-5-2-1-3-6-16/h1-13,23H,14H2,(H,24,26)(H,25,27). The molecule has 2 amide bonds. The number of nitrogens with one attached hydrogen (secondary N) is 3. The van der Waals surface area contributed by atoms with E-state index in [1.54, 1.807) is 66.7 Å². The molecule has 3 rings (SSSR count). The molecule has 9 heteroatoms. The third kappa shape index (κ3) is 5.76. The van der Waals surface area contributed by atoms with Gasteiger partial charge >= 0.3 is 0 Å². The molecule has 0 spiro atoms. The van der Waals surface area contributed by atoms with Gasteiger partial charge in [0.25, 0.3) is 11.8 Å². The van der Waals surface area contributed by atoms with Crippen LogP contribution in [0.1, 0.15) is 26.3 Å². The van der Waals surface area contributed by atoms with Gasteiger partial charge in [0.1, 0.15) is 0 Å². The van der Waals surface area contributed by atoms with E-state index in [1.807, 2.05) is 0 Å². The van der Waals surface area contributed by atoms with Crippen LogP contribution >= 0.6 is 15.9 Å². The van der Waals surface area contributed by atoms with Gasteiger partial charge in [-0.15, -0.1) is 0 Å². The fourth-order valence-electron chi connectivity index (χ4n) is 2.52. The predicted molar refractivity (Wildman–Crippen MR) is 116 cm³/mol. The smallest absolute Gasteiger partial charge is 0.267 e. The molecule has 0 aliphatic heterocycles. The summed E-state index contributed by atoms with van der Waals surface area (Å²) in [4.78, 5) is 24.3. The minimum absolute atomic E-state index is 0.0709. The molecule has 0 aliphatic rings. The molecule has 0 heterocycles. The van der Waals surface area contributed by atoms with Crippen LogP contribution in [0.25, 0.3) is 0 Å². The number of hydrogen-bond acceptors (Lipinski definition) is 4. The maximum Gasteiger partial charge on any atom is 0.269 e. The fourth-order valence-corrected chi connectivity index (χ4v) is 4.13. The van der Waals surface area contributed by atoms with Crippen molar-refractivity contribution in [1.82, 2.24) is 15.6 Å². The van der Waals surface area contributed by atoms with Gasteiger partial charge < -0.3 is 0 Å². The number of rotatable bonds is 6. The van der Waals surface area contributed by atoms with Crippen LogP contribution in [-0.2, 0) is 16.6 Å². The molecule has 3 aromatic carbocycles. The SMILES string of the molecule is O=C(NNC(=O)c1ccc(CNS(=O)(=O)c2cccc(Br)c2)cc1)c1ccccc1. The van der Waals surface area contributed by atoms with Crippen molar-refractivity contribution < 1.29 is 18.0 Å². The van der Waals surface area contributed by atoms with Crippen molar-refractivity contribution in [2.45, 2.75) is 11.4 Å². The van der Waals surface area contributed by atoms with E-state index in [9.17, 15) is 18.0 Å². The summed E-state index contributed by atoms with van der Waals surface area (Å²) in [6.45, 7) is 0.0709. The number of halogens is 1. The summed E-state index contributed by atoms with van der Waals surface area (Å²) in [5.41, 5.74) is 6.11. The monoisotopic (exact) mass is 487 g/mol. The number of hydrazine groups is 1. The Labute approximate surface area is 182 Å². The lowest BCUT2D eigenvalue weighted by atomic mass is 10.1. The molecular weight excluding hydrogens is 470 g/mol. The van der Waals surface area contributed by atoms with E-state index in [4.69, 9.17) is 0 Å². The van der Waals surface area contributed by atoms with Crippen molar-refractivity contribution in [3.8, 4) is 0 Å². The van der Waals surface area contributed by atoms with Gasteiger partial charge in [-0.3, -0.25) is 20.4 Å². The van der Waals surface area contributed by atoms with Crippen molar-refractivity contribution in [3.63, 3.8) is 0 Å². The average Bonchev–Trinajstić information content (AvgIpc) is 2.77. The lowest BCUT2D eigenvalue weighted by Gasteiger charge is -2.09. The van der Waals surface area contributed by atoms with E-state index in [0.717, 1.165) is 0 Å². The zero-order chi connectivity index (χ0) is 21.6. The summed E-state index contributed by atoms with van der Waals surface area (Å²) in [5, 5.41) is 0. The van der Waals surface area contributed by atoms with Gasteiger partial charge in [0.2, 0.25) is 10.0 Å². The minimum atomic E-state index is -3.66. The van der Waals surface area contributed by atoms with Crippen LogP contribution in [0.3, 0.4) is 0 Å². The van der Waals surface area contributed by atoms with Crippen LogP contribution < -0.4 is 15.6 Å². The Kier molecular flexibility index (Phi) is 6.99. The number of hydrogen-bond donors (Lipinski definition) is 3. The Morgan fingerprint density at radius 1 is 0.767 bits per heavy atom. The van der Waals surface area contributed by atoms with Gasteiger partial charge in [-0.25, -0.2) is 13.1 Å². The summed E-state index contributed by atoms with van der Waals surface area (Å²) < 4.78 is 27.9. The Morgan fingerprint density at radius 2 is 1.37 bits per heavy atom. The number of amides is 2. The molecule has 30 heavy (non-hydrogen) atoms. The summed E-state index contributed by atoms with van der Waals surface area (Å²) in [6.07, 6.45) is 0. The van der Waals surface area contributed by atoms with Gasteiger partial charge in [0.05, 0.1) is 4.90 Å². The first-order chi connectivity index (χ1) is 14.3. The third-order valence-corrected chi connectivity index (χ3v) is 6.01. The van der Waals surface area contributed by atoms with Crippen LogP contribution in [0, 0.1) is 0 Å². The van der Waals surface area contributed by atoms with Crippen molar-refractivity contribution in [2.75, 3.05) is 0 Å². The summed E-state index contributed by atoms with van der Waals surface area (Å²) in [5.74, 6) is -0.914. The molecule has 0 aromatic heterocycles. The molecule has 0 atom stereocenters. The van der Waals surface area contributed by atoms with E-state index in [0.29, 0.717) is 21.2 Å². The molecule has 0 unspecified atom stereocenters. The van der Waals surface area contributed by atoms with Crippen LogP contribution in [0.4, 0.5) is 0 Å². The van der Waals surface area contributed by atoms with Gasteiger partial charge in [-0.05, 0) is 48.0 Å². The normalized spacial score (nSPS) is 11.0. The molecular formula is C21H18BrN3O4S. The first kappa shape index (κ1) is 21.7. The largest absolute Gasteiger partial charge is 0.269 e. The fraction of sp³-hybridized carbons (Fsp3) is 0.0476. The third-order valence-electron chi connectivity index (χ3n) is 4.11. The highest BCUT2D eigenvalue weighted by Crippen LogP contribution is 2.16. The van der Waals surface area contributed by atoms with Crippen molar-refractivity contribution in [3.05, 3.63) is 100 Å². The lowest BCUT2D eigenvalue weighted by Crippen LogP contribution is -2.41. The zero-order valence-electron chi connectivity index (χ0n) is 15.6. The molecule has 0 bridgehead atoms. The number of sulfonamides is 1. The molecule has 0 saturated carbocycles. The molecule has 3 aromatic rings. The van der Waals surface area contributed by atoms with Gasteiger partial charge in [0, 0.05) is 22.1 Å². The topological polar surface area (TPSA) is 104 Å². The van der Waals surface area contributed by atoms with E-state index >= 15 is 0 Å². The Hall–Kier alpha value is -3.01. The van der Waals surface area contributed by atoms with Crippen molar-refractivity contribution >= 4 is 37.8 Å². The average molecular weight is 488 g/mol.